The van der Waals surface area contributed by atoms with E-state index in [1.807, 2.05) is 23.1 Å². The summed E-state index contributed by atoms with van der Waals surface area (Å²) in [7, 11) is 0. The quantitative estimate of drug-likeness (QED) is 0.361. The topological polar surface area (TPSA) is 118 Å². The standard InChI is InChI=1S/C22H25N5O6/c28-21(26-9-7-25(8-10-26)20-3-1-2-6-23-20)16-33-22(29)18-15-17(27(30)31)4-5-19(18)24-11-13-32-14-12-24/h1-6,15H,7-14,16H2. The molecular formula is C22H25N5O6. The molecule has 0 atom stereocenters. The average Bonchev–Trinajstić information content (AvgIpc) is 2.87. The van der Waals surface area contributed by atoms with E-state index in [4.69, 9.17) is 9.47 Å². The molecule has 0 radical (unpaired) electrons. The maximum atomic E-state index is 12.8. The number of anilines is 2. The molecule has 11 nitrogen and oxygen atoms in total. The predicted octanol–water partition coefficient (Wildman–Crippen LogP) is 1.33. The van der Waals surface area contributed by atoms with Crippen molar-refractivity contribution in [3.05, 3.63) is 58.3 Å². The van der Waals surface area contributed by atoms with Crippen molar-refractivity contribution in [1.82, 2.24) is 9.88 Å². The number of nitro benzene ring substituents is 1. The van der Waals surface area contributed by atoms with Crippen LogP contribution in [0.1, 0.15) is 10.4 Å². The Bertz CT molecular complexity index is 1000. The first-order chi connectivity index (χ1) is 16.0. The number of ether oxygens (including phenoxy) is 2. The van der Waals surface area contributed by atoms with Gasteiger partial charge < -0.3 is 24.2 Å². The van der Waals surface area contributed by atoms with E-state index in [-0.39, 0.29) is 17.2 Å². The molecule has 2 aliphatic rings. The first kappa shape index (κ1) is 22.5. The van der Waals surface area contributed by atoms with E-state index in [0.29, 0.717) is 58.2 Å². The van der Waals surface area contributed by atoms with Crippen LogP contribution in [0.5, 0.6) is 0 Å². The van der Waals surface area contributed by atoms with Crippen LogP contribution in [-0.4, -0.2) is 85.8 Å². The molecule has 0 aliphatic carbocycles. The molecule has 1 aromatic heterocycles. The molecule has 2 aromatic rings. The van der Waals surface area contributed by atoms with Gasteiger partial charge in [-0.05, 0) is 18.2 Å². The van der Waals surface area contributed by atoms with E-state index >= 15 is 0 Å². The summed E-state index contributed by atoms with van der Waals surface area (Å²) in [6, 6.07) is 9.78. The Morgan fingerprint density at radius 2 is 1.79 bits per heavy atom. The van der Waals surface area contributed by atoms with Crippen molar-refractivity contribution in [3.8, 4) is 0 Å². The predicted molar refractivity (Wildman–Crippen MR) is 119 cm³/mol. The summed E-state index contributed by atoms with van der Waals surface area (Å²) >= 11 is 0. The minimum atomic E-state index is -0.763. The minimum Gasteiger partial charge on any atom is -0.452 e. The van der Waals surface area contributed by atoms with Crippen molar-refractivity contribution in [2.45, 2.75) is 0 Å². The van der Waals surface area contributed by atoms with Crippen molar-refractivity contribution in [1.29, 1.82) is 0 Å². The molecule has 2 fully saturated rings. The van der Waals surface area contributed by atoms with Crippen molar-refractivity contribution < 1.29 is 24.0 Å². The van der Waals surface area contributed by atoms with E-state index < -0.39 is 17.5 Å². The van der Waals surface area contributed by atoms with Crippen LogP contribution in [0.2, 0.25) is 0 Å². The van der Waals surface area contributed by atoms with Gasteiger partial charge in [-0.25, -0.2) is 9.78 Å². The number of nitro groups is 1. The van der Waals surface area contributed by atoms with Crippen LogP contribution in [0, 0.1) is 10.1 Å². The Labute approximate surface area is 190 Å². The third-order valence-corrected chi connectivity index (χ3v) is 5.70. The summed E-state index contributed by atoms with van der Waals surface area (Å²) < 4.78 is 10.6. The molecule has 1 aromatic carbocycles. The van der Waals surface area contributed by atoms with Gasteiger partial charge in [0.1, 0.15) is 5.82 Å². The number of aromatic nitrogens is 1. The molecule has 174 valence electrons. The highest BCUT2D eigenvalue weighted by Gasteiger charge is 2.26. The number of carbonyl (C=O) groups excluding carboxylic acids is 2. The fourth-order valence-corrected chi connectivity index (χ4v) is 3.90. The molecule has 0 bridgehead atoms. The average molecular weight is 455 g/mol. The number of non-ortho nitro benzene ring substituents is 1. The zero-order valence-corrected chi connectivity index (χ0v) is 18.1. The monoisotopic (exact) mass is 455 g/mol. The lowest BCUT2D eigenvalue weighted by atomic mass is 10.1. The first-order valence-corrected chi connectivity index (χ1v) is 10.7. The SMILES string of the molecule is O=C(OCC(=O)N1CCN(c2ccccn2)CC1)c1cc([N+](=O)[O-])ccc1N1CCOCC1. The molecule has 0 unspecified atom stereocenters. The molecule has 1 amide bonds. The van der Waals surface area contributed by atoms with Crippen molar-refractivity contribution in [3.63, 3.8) is 0 Å². The van der Waals surface area contributed by atoms with Crippen LogP contribution in [-0.2, 0) is 14.3 Å². The maximum absolute atomic E-state index is 12.8. The van der Waals surface area contributed by atoms with Gasteiger partial charge in [-0.3, -0.25) is 14.9 Å². The van der Waals surface area contributed by atoms with Gasteiger partial charge in [0.05, 0.1) is 29.4 Å². The number of amides is 1. The Morgan fingerprint density at radius 3 is 2.45 bits per heavy atom. The zero-order valence-electron chi connectivity index (χ0n) is 18.1. The number of rotatable bonds is 6. The summed E-state index contributed by atoms with van der Waals surface area (Å²) in [6.45, 7) is 3.91. The molecule has 3 heterocycles. The van der Waals surface area contributed by atoms with Gasteiger partial charge in [0, 0.05) is 57.6 Å². The van der Waals surface area contributed by atoms with Crippen LogP contribution in [0.25, 0.3) is 0 Å². The Balaban J connectivity index is 1.37. The lowest BCUT2D eigenvalue weighted by Gasteiger charge is -2.35. The number of hydrogen-bond acceptors (Lipinski definition) is 9. The number of morpholine rings is 1. The highest BCUT2D eigenvalue weighted by Crippen LogP contribution is 2.27. The first-order valence-electron chi connectivity index (χ1n) is 10.7. The normalized spacial score (nSPS) is 16.4. The molecular weight excluding hydrogens is 430 g/mol. The summed E-state index contributed by atoms with van der Waals surface area (Å²) in [5.74, 6) is -0.208. The Kier molecular flexibility index (Phi) is 6.98. The Hall–Kier alpha value is -3.73. The van der Waals surface area contributed by atoms with Crippen molar-refractivity contribution >= 4 is 29.1 Å². The molecule has 2 aliphatic heterocycles. The van der Waals surface area contributed by atoms with E-state index in [1.165, 1.54) is 12.1 Å². The van der Waals surface area contributed by atoms with Gasteiger partial charge in [0.25, 0.3) is 11.6 Å². The van der Waals surface area contributed by atoms with E-state index in [2.05, 4.69) is 9.88 Å². The molecule has 33 heavy (non-hydrogen) atoms. The van der Waals surface area contributed by atoms with E-state index in [9.17, 15) is 19.7 Å². The fraction of sp³-hybridized carbons (Fsp3) is 0.409. The smallest absolute Gasteiger partial charge is 0.341 e. The number of hydrogen-bond donors (Lipinski definition) is 0. The Morgan fingerprint density at radius 1 is 1.03 bits per heavy atom. The number of pyridine rings is 1. The van der Waals surface area contributed by atoms with E-state index in [1.54, 1.807) is 17.2 Å². The third kappa shape index (κ3) is 5.37. The number of benzene rings is 1. The highest BCUT2D eigenvalue weighted by atomic mass is 16.6. The van der Waals surface area contributed by atoms with E-state index in [0.717, 1.165) is 5.82 Å². The van der Waals surface area contributed by atoms with Gasteiger partial charge in [-0.2, -0.15) is 0 Å². The molecule has 0 spiro atoms. The lowest BCUT2D eigenvalue weighted by molar-refractivity contribution is -0.384. The van der Waals surface area contributed by atoms with Crippen molar-refractivity contribution in [2.24, 2.45) is 0 Å². The van der Waals surface area contributed by atoms with Gasteiger partial charge in [-0.15, -0.1) is 0 Å². The molecule has 0 saturated carbocycles. The summed E-state index contributed by atoms with van der Waals surface area (Å²) in [5.41, 5.74) is 0.389. The third-order valence-electron chi connectivity index (χ3n) is 5.70. The minimum absolute atomic E-state index is 0.0684. The van der Waals surface area contributed by atoms with Crippen LogP contribution in [0.15, 0.2) is 42.6 Å². The molecule has 2 saturated heterocycles. The second kappa shape index (κ2) is 10.3. The second-order valence-electron chi connectivity index (χ2n) is 7.69. The highest BCUT2D eigenvalue weighted by molar-refractivity contribution is 5.97. The fourth-order valence-electron chi connectivity index (χ4n) is 3.90. The van der Waals surface area contributed by atoms with Gasteiger partial charge >= 0.3 is 5.97 Å². The molecule has 4 rings (SSSR count). The largest absolute Gasteiger partial charge is 0.452 e. The molecule has 11 heteroatoms. The second-order valence-corrected chi connectivity index (χ2v) is 7.69. The van der Waals surface area contributed by atoms with Gasteiger partial charge in [0.2, 0.25) is 0 Å². The van der Waals surface area contributed by atoms with Crippen LogP contribution >= 0.6 is 0 Å². The van der Waals surface area contributed by atoms with Crippen molar-refractivity contribution in [2.75, 3.05) is 68.9 Å². The number of esters is 1. The van der Waals surface area contributed by atoms with Gasteiger partial charge in [0.15, 0.2) is 6.61 Å². The summed E-state index contributed by atoms with van der Waals surface area (Å²) in [4.78, 5) is 46.1. The summed E-state index contributed by atoms with van der Waals surface area (Å²) in [5, 5.41) is 11.2. The van der Waals surface area contributed by atoms with Gasteiger partial charge in [-0.1, -0.05) is 6.07 Å². The van der Waals surface area contributed by atoms with Crippen LogP contribution in [0.3, 0.4) is 0 Å². The van der Waals surface area contributed by atoms with Crippen LogP contribution in [0.4, 0.5) is 17.2 Å². The number of carbonyl (C=O) groups is 2. The number of piperazine rings is 1. The molecule has 0 N–H and O–H groups in total. The maximum Gasteiger partial charge on any atom is 0.341 e. The lowest BCUT2D eigenvalue weighted by Crippen LogP contribution is -2.50. The van der Waals surface area contributed by atoms with Crippen LogP contribution < -0.4 is 9.80 Å². The number of nitrogens with zero attached hydrogens (tertiary/aromatic N) is 5. The zero-order chi connectivity index (χ0) is 23.2. The summed E-state index contributed by atoms with van der Waals surface area (Å²) in [6.07, 6.45) is 1.73.